The van der Waals surface area contributed by atoms with E-state index in [9.17, 15) is 9.59 Å². The quantitative estimate of drug-likeness (QED) is 0.792. The molecular formula is C12H12N2O3. The molecule has 17 heavy (non-hydrogen) atoms. The second kappa shape index (κ2) is 6.28. The molecule has 1 N–H and O–H groups in total. The van der Waals surface area contributed by atoms with Crippen molar-refractivity contribution >= 4 is 17.6 Å². The highest BCUT2D eigenvalue weighted by atomic mass is 16.5. The molecule has 0 spiro atoms. The Morgan fingerprint density at radius 1 is 1.35 bits per heavy atom. The van der Waals surface area contributed by atoms with E-state index in [1.807, 2.05) is 0 Å². The van der Waals surface area contributed by atoms with E-state index in [1.165, 1.54) is 6.92 Å². The molecule has 0 heterocycles. The van der Waals surface area contributed by atoms with Crippen molar-refractivity contribution in [2.24, 2.45) is 0 Å². The first kappa shape index (κ1) is 12.7. The largest absolute Gasteiger partial charge is 0.450 e. The normalized spacial score (nSPS) is 9.18. The second-order valence-electron chi connectivity index (χ2n) is 3.37. The third-order valence-electron chi connectivity index (χ3n) is 1.92. The van der Waals surface area contributed by atoms with Gasteiger partial charge in [-0.3, -0.25) is 9.59 Å². The average Bonchev–Trinajstić information content (AvgIpc) is 2.28. The number of esters is 1. The molecule has 1 aromatic carbocycles. The molecule has 0 aliphatic heterocycles. The second-order valence-corrected chi connectivity index (χ2v) is 3.37. The van der Waals surface area contributed by atoms with Gasteiger partial charge in [-0.15, -0.1) is 0 Å². The summed E-state index contributed by atoms with van der Waals surface area (Å²) in [7, 11) is 0. The molecule has 0 fully saturated rings. The molecule has 0 atom stereocenters. The van der Waals surface area contributed by atoms with Gasteiger partial charge in [0.05, 0.1) is 6.42 Å². The van der Waals surface area contributed by atoms with Gasteiger partial charge in [0.15, 0.2) is 6.61 Å². The summed E-state index contributed by atoms with van der Waals surface area (Å²) in [4.78, 5) is 22.0. The van der Waals surface area contributed by atoms with E-state index >= 15 is 0 Å². The topological polar surface area (TPSA) is 79.2 Å². The van der Waals surface area contributed by atoms with Crippen LogP contribution in [0.5, 0.6) is 0 Å². The SMILES string of the molecule is CC(=O)Nc1ccc(CC(=O)OCC#N)cc1. The molecule has 0 saturated heterocycles. The number of nitrogens with zero attached hydrogens (tertiary/aromatic N) is 1. The summed E-state index contributed by atoms with van der Waals surface area (Å²) in [6.45, 7) is 1.19. The van der Waals surface area contributed by atoms with Crippen molar-refractivity contribution in [1.29, 1.82) is 5.26 Å². The predicted octanol–water partition coefficient (Wildman–Crippen LogP) is 1.25. The standard InChI is InChI=1S/C12H12N2O3/c1-9(15)14-11-4-2-10(3-5-11)8-12(16)17-7-6-13/h2-5H,7-8H2,1H3,(H,14,15). The van der Waals surface area contributed by atoms with Gasteiger partial charge < -0.3 is 10.1 Å². The van der Waals surface area contributed by atoms with Gasteiger partial charge in [0, 0.05) is 12.6 Å². The molecule has 0 aliphatic carbocycles. The monoisotopic (exact) mass is 232 g/mol. The summed E-state index contributed by atoms with van der Waals surface area (Å²) < 4.78 is 4.62. The fourth-order valence-corrected chi connectivity index (χ4v) is 1.24. The maximum atomic E-state index is 11.2. The molecule has 5 heteroatoms. The number of carbonyl (C=O) groups excluding carboxylic acids is 2. The fourth-order valence-electron chi connectivity index (χ4n) is 1.24. The van der Waals surface area contributed by atoms with Crippen LogP contribution in [0.3, 0.4) is 0 Å². The van der Waals surface area contributed by atoms with Crippen LogP contribution in [0, 0.1) is 11.3 Å². The molecule has 0 bridgehead atoms. The first-order chi connectivity index (χ1) is 8.11. The van der Waals surface area contributed by atoms with E-state index in [0.29, 0.717) is 5.69 Å². The number of rotatable bonds is 4. The van der Waals surface area contributed by atoms with E-state index in [0.717, 1.165) is 5.56 Å². The van der Waals surface area contributed by atoms with E-state index in [4.69, 9.17) is 5.26 Å². The number of nitriles is 1. The van der Waals surface area contributed by atoms with Gasteiger partial charge in [-0.25, -0.2) is 0 Å². The van der Waals surface area contributed by atoms with Crippen LogP contribution in [0.15, 0.2) is 24.3 Å². The van der Waals surface area contributed by atoms with Crippen molar-refractivity contribution in [3.8, 4) is 6.07 Å². The summed E-state index contributed by atoms with van der Waals surface area (Å²) in [6, 6.07) is 8.57. The molecule has 88 valence electrons. The van der Waals surface area contributed by atoms with E-state index in [-0.39, 0.29) is 18.9 Å². The molecular weight excluding hydrogens is 220 g/mol. The van der Waals surface area contributed by atoms with Gasteiger partial charge in [0.1, 0.15) is 6.07 Å². The van der Waals surface area contributed by atoms with Crippen LogP contribution < -0.4 is 5.32 Å². The minimum absolute atomic E-state index is 0.113. The molecule has 0 unspecified atom stereocenters. The summed E-state index contributed by atoms with van der Waals surface area (Å²) >= 11 is 0. The lowest BCUT2D eigenvalue weighted by molar-refractivity contribution is -0.141. The Kier molecular flexibility index (Phi) is 4.70. The minimum Gasteiger partial charge on any atom is -0.450 e. The van der Waals surface area contributed by atoms with Gasteiger partial charge in [0.2, 0.25) is 5.91 Å². The summed E-state index contributed by atoms with van der Waals surface area (Å²) in [6.07, 6.45) is 0.113. The number of benzene rings is 1. The first-order valence-corrected chi connectivity index (χ1v) is 5.01. The van der Waals surface area contributed by atoms with Crippen LogP contribution >= 0.6 is 0 Å². The molecule has 0 aliphatic rings. The number of hydrogen-bond acceptors (Lipinski definition) is 4. The Hall–Kier alpha value is -2.35. The number of nitrogens with one attached hydrogen (secondary N) is 1. The minimum atomic E-state index is -0.446. The Bertz CT molecular complexity index is 446. The van der Waals surface area contributed by atoms with Gasteiger partial charge in [0.25, 0.3) is 0 Å². The third kappa shape index (κ3) is 4.80. The highest BCUT2D eigenvalue weighted by Crippen LogP contribution is 2.10. The average molecular weight is 232 g/mol. The zero-order chi connectivity index (χ0) is 12.7. The lowest BCUT2D eigenvalue weighted by Crippen LogP contribution is -2.08. The third-order valence-corrected chi connectivity index (χ3v) is 1.92. The number of ether oxygens (including phenoxy) is 1. The van der Waals surface area contributed by atoms with E-state index < -0.39 is 5.97 Å². The van der Waals surface area contributed by atoms with E-state index in [2.05, 4.69) is 10.1 Å². The molecule has 1 amide bonds. The molecule has 5 nitrogen and oxygen atoms in total. The number of anilines is 1. The fraction of sp³-hybridized carbons (Fsp3) is 0.250. The smallest absolute Gasteiger partial charge is 0.311 e. The summed E-state index contributed by atoms with van der Waals surface area (Å²) in [5.41, 5.74) is 1.44. The molecule has 1 aromatic rings. The lowest BCUT2D eigenvalue weighted by atomic mass is 10.1. The Morgan fingerprint density at radius 2 is 2.00 bits per heavy atom. The Labute approximate surface area is 99.0 Å². The molecule has 0 radical (unpaired) electrons. The predicted molar refractivity (Wildman–Crippen MR) is 61.0 cm³/mol. The first-order valence-electron chi connectivity index (χ1n) is 5.01. The highest BCUT2D eigenvalue weighted by molar-refractivity contribution is 5.88. The lowest BCUT2D eigenvalue weighted by Gasteiger charge is -2.04. The zero-order valence-corrected chi connectivity index (χ0v) is 9.40. The van der Waals surface area contributed by atoms with Gasteiger partial charge in [-0.05, 0) is 17.7 Å². The van der Waals surface area contributed by atoms with Crippen molar-refractivity contribution in [1.82, 2.24) is 0 Å². The maximum absolute atomic E-state index is 11.2. The van der Waals surface area contributed by atoms with Crippen LogP contribution in [0.2, 0.25) is 0 Å². The van der Waals surface area contributed by atoms with Crippen molar-refractivity contribution in [3.05, 3.63) is 29.8 Å². The molecule has 0 saturated carbocycles. The van der Waals surface area contributed by atoms with Crippen LogP contribution in [0.4, 0.5) is 5.69 Å². The van der Waals surface area contributed by atoms with Crippen molar-refractivity contribution in [2.45, 2.75) is 13.3 Å². The molecule has 0 aromatic heterocycles. The van der Waals surface area contributed by atoms with Crippen molar-refractivity contribution in [3.63, 3.8) is 0 Å². The molecule has 1 rings (SSSR count). The van der Waals surface area contributed by atoms with Crippen LogP contribution in [0.1, 0.15) is 12.5 Å². The number of amides is 1. The van der Waals surface area contributed by atoms with Crippen LogP contribution in [-0.4, -0.2) is 18.5 Å². The number of hydrogen-bond donors (Lipinski definition) is 1. The Morgan fingerprint density at radius 3 is 2.53 bits per heavy atom. The van der Waals surface area contributed by atoms with Gasteiger partial charge in [-0.1, -0.05) is 12.1 Å². The summed E-state index contributed by atoms with van der Waals surface area (Å²) in [5.74, 6) is -0.593. The number of carbonyl (C=O) groups is 2. The van der Waals surface area contributed by atoms with E-state index in [1.54, 1.807) is 30.3 Å². The van der Waals surface area contributed by atoms with Gasteiger partial charge in [-0.2, -0.15) is 5.26 Å². The van der Waals surface area contributed by atoms with Crippen LogP contribution in [-0.2, 0) is 20.7 Å². The maximum Gasteiger partial charge on any atom is 0.311 e. The van der Waals surface area contributed by atoms with Crippen molar-refractivity contribution < 1.29 is 14.3 Å². The van der Waals surface area contributed by atoms with Crippen molar-refractivity contribution in [2.75, 3.05) is 11.9 Å². The highest BCUT2D eigenvalue weighted by Gasteiger charge is 2.04. The van der Waals surface area contributed by atoms with Crippen LogP contribution in [0.25, 0.3) is 0 Å². The zero-order valence-electron chi connectivity index (χ0n) is 9.40. The summed E-state index contributed by atoms with van der Waals surface area (Å²) in [5, 5.41) is 10.9. The Balaban J connectivity index is 2.53. The van der Waals surface area contributed by atoms with Gasteiger partial charge >= 0.3 is 5.97 Å².